The molecule has 1 aliphatic heterocycles. The van der Waals surface area contributed by atoms with E-state index < -0.39 is 0 Å². The van der Waals surface area contributed by atoms with Gasteiger partial charge in [-0.15, -0.1) is 0 Å². The van der Waals surface area contributed by atoms with Crippen molar-refractivity contribution in [2.24, 2.45) is 0 Å². The number of pyridine rings is 1. The van der Waals surface area contributed by atoms with Crippen LogP contribution in [0.15, 0.2) is 67.1 Å². The normalized spacial score (nSPS) is 19.4. The Bertz CT molecular complexity index is 986. The number of aromatic nitrogens is 2. The van der Waals surface area contributed by atoms with Crippen molar-refractivity contribution in [2.75, 3.05) is 4.90 Å². The van der Waals surface area contributed by atoms with E-state index in [1.807, 2.05) is 18.3 Å². The van der Waals surface area contributed by atoms with Crippen LogP contribution in [0.4, 0.5) is 5.69 Å². The van der Waals surface area contributed by atoms with Crippen LogP contribution < -0.4 is 10.2 Å². The van der Waals surface area contributed by atoms with Crippen LogP contribution >= 0.6 is 12.2 Å². The molecule has 0 bridgehead atoms. The van der Waals surface area contributed by atoms with Crippen LogP contribution in [0.2, 0.25) is 0 Å². The molecule has 3 aromatic rings. The number of benzene rings is 1. The van der Waals surface area contributed by atoms with Gasteiger partial charge < -0.3 is 14.8 Å². The first-order valence-electron chi connectivity index (χ1n) is 10.2. The Kier molecular flexibility index (Phi) is 5.17. The fourth-order valence-corrected chi connectivity index (χ4v) is 4.22. The van der Waals surface area contributed by atoms with E-state index in [-0.39, 0.29) is 17.6 Å². The number of nitrogens with zero attached hydrogens (tertiary/aromatic N) is 3. The second-order valence-corrected chi connectivity index (χ2v) is 8.93. The van der Waals surface area contributed by atoms with Gasteiger partial charge in [0.05, 0.1) is 17.8 Å². The molecular weight excluding hydrogens is 376 g/mol. The molecule has 2 atom stereocenters. The number of thiocarbonyl (C=S) groups is 1. The van der Waals surface area contributed by atoms with Crippen LogP contribution in [0.1, 0.15) is 56.6 Å². The van der Waals surface area contributed by atoms with E-state index >= 15 is 0 Å². The highest BCUT2D eigenvalue weighted by Gasteiger charge is 2.41. The maximum Gasteiger partial charge on any atom is 0.174 e. The zero-order valence-electron chi connectivity index (χ0n) is 17.5. The summed E-state index contributed by atoms with van der Waals surface area (Å²) in [4.78, 5) is 6.86. The minimum atomic E-state index is -0.00892. The average molecular weight is 405 g/mol. The summed E-state index contributed by atoms with van der Waals surface area (Å²) in [7, 11) is 0. The zero-order chi connectivity index (χ0) is 20.6. The Balaban J connectivity index is 1.80. The molecule has 0 saturated carbocycles. The second-order valence-electron chi connectivity index (χ2n) is 8.54. The van der Waals surface area contributed by atoms with Crippen molar-refractivity contribution >= 4 is 23.0 Å². The highest BCUT2D eigenvalue weighted by Crippen LogP contribution is 2.41. The van der Waals surface area contributed by atoms with Crippen LogP contribution in [0.3, 0.4) is 0 Å². The third-order valence-electron chi connectivity index (χ3n) is 5.55. The van der Waals surface area contributed by atoms with Gasteiger partial charge in [-0.1, -0.05) is 25.1 Å². The van der Waals surface area contributed by atoms with Crippen molar-refractivity contribution < 1.29 is 0 Å². The molecule has 2 aromatic heterocycles. The first kappa shape index (κ1) is 19.6. The number of hydrogen-bond donors (Lipinski definition) is 1. The summed E-state index contributed by atoms with van der Waals surface area (Å²) < 4.78 is 2.26. The lowest BCUT2D eigenvalue weighted by molar-refractivity contribution is 0.397. The van der Waals surface area contributed by atoms with Gasteiger partial charge in [0.25, 0.3) is 0 Å². The predicted octanol–water partition coefficient (Wildman–Crippen LogP) is 5.38. The molecule has 150 valence electrons. The van der Waals surface area contributed by atoms with Gasteiger partial charge in [0, 0.05) is 29.8 Å². The Labute approximate surface area is 178 Å². The lowest BCUT2D eigenvalue weighted by atomic mass is 9.98. The minimum Gasteiger partial charge on any atom is -0.351 e. The molecule has 4 nitrogen and oxygen atoms in total. The van der Waals surface area contributed by atoms with Crippen molar-refractivity contribution in [1.29, 1.82) is 0 Å². The molecule has 4 rings (SSSR count). The fraction of sp³-hybridized carbons (Fsp3) is 0.333. The minimum absolute atomic E-state index is 0.00892. The number of hydrogen-bond acceptors (Lipinski definition) is 2. The van der Waals surface area contributed by atoms with E-state index in [0.29, 0.717) is 0 Å². The van der Waals surface area contributed by atoms with Crippen LogP contribution in [0.5, 0.6) is 0 Å². The fourth-order valence-electron chi connectivity index (χ4n) is 3.87. The van der Waals surface area contributed by atoms with Crippen molar-refractivity contribution in [3.8, 4) is 0 Å². The smallest absolute Gasteiger partial charge is 0.174 e. The molecule has 0 amide bonds. The maximum absolute atomic E-state index is 5.80. The third-order valence-corrected chi connectivity index (χ3v) is 5.87. The molecule has 1 N–H and O–H groups in total. The number of aryl methyl sites for hydroxylation is 1. The zero-order valence-corrected chi connectivity index (χ0v) is 18.3. The van der Waals surface area contributed by atoms with Gasteiger partial charge >= 0.3 is 0 Å². The van der Waals surface area contributed by atoms with Crippen molar-refractivity contribution in [3.63, 3.8) is 0 Å². The summed E-state index contributed by atoms with van der Waals surface area (Å²) in [5, 5.41) is 4.26. The summed E-state index contributed by atoms with van der Waals surface area (Å²) >= 11 is 5.80. The largest absolute Gasteiger partial charge is 0.351 e. The molecule has 1 saturated heterocycles. The summed E-state index contributed by atoms with van der Waals surface area (Å²) in [6.45, 7) is 8.82. The summed E-state index contributed by atoms with van der Waals surface area (Å²) in [5.74, 6) is 0. The molecule has 2 unspecified atom stereocenters. The van der Waals surface area contributed by atoms with Gasteiger partial charge in [-0.25, -0.2) is 0 Å². The van der Waals surface area contributed by atoms with Gasteiger partial charge in [-0.2, -0.15) is 0 Å². The molecule has 1 fully saturated rings. The number of nitrogens with one attached hydrogen (secondary N) is 1. The van der Waals surface area contributed by atoms with Crippen molar-refractivity contribution in [1.82, 2.24) is 14.9 Å². The van der Waals surface area contributed by atoms with E-state index in [1.165, 1.54) is 11.1 Å². The quantitative estimate of drug-likeness (QED) is 0.592. The maximum atomic E-state index is 5.80. The lowest BCUT2D eigenvalue weighted by Gasteiger charge is -2.28. The van der Waals surface area contributed by atoms with Crippen molar-refractivity contribution in [2.45, 2.75) is 51.7 Å². The molecule has 0 aliphatic carbocycles. The second kappa shape index (κ2) is 7.64. The molecule has 1 aromatic carbocycles. The van der Waals surface area contributed by atoms with Gasteiger partial charge in [0.2, 0.25) is 0 Å². The van der Waals surface area contributed by atoms with Crippen LogP contribution in [0.25, 0.3) is 0 Å². The van der Waals surface area contributed by atoms with E-state index in [1.54, 1.807) is 0 Å². The first-order valence-corrected chi connectivity index (χ1v) is 10.6. The van der Waals surface area contributed by atoms with E-state index in [0.717, 1.165) is 22.9 Å². The monoisotopic (exact) mass is 404 g/mol. The topological polar surface area (TPSA) is 33.1 Å². The summed E-state index contributed by atoms with van der Waals surface area (Å²) in [6, 6.07) is 17.0. The SMILES string of the molecule is CCc1ccc(N2C(=S)NC(c3ccccn3)C2c2ccn(C(C)(C)C)c2)cc1. The van der Waals surface area contributed by atoms with Gasteiger partial charge in [-0.3, -0.25) is 4.98 Å². The van der Waals surface area contributed by atoms with Crippen LogP contribution in [-0.4, -0.2) is 14.7 Å². The molecule has 1 aliphatic rings. The summed E-state index contributed by atoms with van der Waals surface area (Å²) in [6.07, 6.45) is 7.27. The van der Waals surface area contributed by atoms with Gasteiger partial charge in [0.1, 0.15) is 0 Å². The Morgan fingerprint density at radius 3 is 2.41 bits per heavy atom. The van der Waals surface area contributed by atoms with Gasteiger partial charge in [0.15, 0.2) is 5.11 Å². The van der Waals surface area contributed by atoms with Crippen LogP contribution in [0, 0.1) is 0 Å². The highest BCUT2D eigenvalue weighted by atomic mass is 32.1. The van der Waals surface area contributed by atoms with Gasteiger partial charge in [-0.05, 0) is 80.9 Å². The third kappa shape index (κ3) is 3.79. The van der Waals surface area contributed by atoms with Crippen LogP contribution in [-0.2, 0) is 12.0 Å². The molecule has 29 heavy (non-hydrogen) atoms. The summed E-state index contributed by atoms with van der Waals surface area (Å²) in [5.41, 5.74) is 4.67. The molecule has 5 heteroatoms. The molecule has 0 spiro atoms. The average Bonchev–Trinajstić information content (AvgIpc) is 3.33. The Hall–Kier alpha value is -2.66. The number of anilines is 1. The lowest BCUT2D eigenvalue weighted by Crippen LogP contribution is -2.29. The first-order chi connectivity index (χ1) is 13.9. The Morgan fingerprint density at radius 2 is 1.83 bits per heavy atom. The molecule has 3 heterocycles. The number of rotatable bonds is 4. The van der Waals surface area contributed by atoms with E-state index in [2.05, 4.69) is 96.3 Å². The Morgan fingerprint density at radius 1 is 1.07 bits per heavy atom. The van der Waals surface area contributed by atoms with E-state index in [9.17, 15) is 0 Å². The molecule has 0 radical (unpaired) electrons. The molecular formula is C24H28N4S. The van der Waals surface area contributed by atoms with E-state index in [4.69, 9.17) is 12.2 Å². The highest BCUT2D eigenvalue weighted by molar-refractivity contribution is 7.80. The van der Waals surface area contributed by atoms with Crippen molar-refractivity contribution in [3.05, 3.63) is 83.9 Å². The predicted molar refractivity (Wildman–Crippen MR) is 123 cm³/mol. The standard InChI is InChI=1S/C24H28N4S/c1-5-17-9-11-19(12-10-17)28-22(18-13-15-27(16-18)24(2,3)4)21(26-23(28)29)20-8-6-7-14-25-20/h6-16,21-22H,5H2,1-4H3,(H,26,29).